The van der Waals surface area contributed by atoms with E-state index in [0.717, 1.165) is 24.3 Å². The third-order valence-corrected chi connectivity index (χ3v) is 5.02. The molecular weight excluding hydrogens is 342 g/mol. The van der Waals surface area contributed by atoms with Gasteiger partial charge in [0, 0.05) is 44.3 Å². The summed E-state index contributed by atoms with van der Waals surface area (Å²) in [6, 6.07) is 9.46. The van der Waals surface area contributed by atoms with Crippen molar-refractivity contribution >= 4 is 22.5 Å². The molecule has 0 bridgehead atoms. The number of para-hydroxylation sites is 1. The number of piperazine rings is 1. The Hall–Kier alpha value is -3.22. The van der Waals surface area contributed by atoms with Gasteiger partial charge in [0.2, 0.25) is 5.91 Å². The zero-order valence-corrected chi connectivity index (χ0v) is 15.2. The van der Waals surface area contributed by atoms with E-state index in [9.17, 15) is 9.59 Å². The van der Waals surface area contributed by atoms with Crippen LogP contribution in [-0.2, 0) is 11.3 Å². The number of anilines is 1. The van der Waals surface area contributed by atoms with Crippen molar-refractivity contribution in [2.24, 2.45) is 0 Å². The number of carbonyl (C=O) groups excluding carboxylic acids is 1. The second-order valence-corrected chi connectivity index (χ2v) is 6.72. The molecule has 1 amide bonds. The lowest BCUT2D eigenvalue weighted by atomic mass is 10.1. The Bertz CT molecular complexity index is 1020. The Morgan fingerprint density at radius 1 is 1.07 bits per heavy atom. The van der Waals surface area contributed by atoms with Crippen molar-refractivity contribution in [1.29, 1.82) is 0 Å². The number of pyridine rings is 1. The van der Waals surface area contributed by atoms with Crippen molar-refractivity contribution in [1.82, 2.24) is 19.4 Å². The fourth-order valence-electron chi connectivity index (χ4n) is 3.46. The Morgan fingerprint density at radius 2 is 1.81 bits per heavy atom. The summed E-state index contributed by atoms with van der Waals surface area (Å²) >= 11 is 0. The van der Waals surface area contributed by atoms with Gasteiger partial charge in [-0.2, -0.15) is 0 Å². The van der Waals surface area contributed by atoms with E-state index in [1.165, 1.54) is 10.9 Å². The van der Waals surface area contributed by atoms with Crippen LogP contribution in [0.5, 0.6) is 0 Å². The summed E-state index contributed by atoms with van der Waals surface area (Å²) in [6.07, 6.45) is 5.02. The lowest BCUT2D eigenvalue weighted by molar-refractivity contribution is -0.132. The van der Waals surface area contributed by atoms with Crippen LogP contribution >= 0.6 is 0 Å². The molecule has 27 heavy (non-hydrogen) atoms. The minimum absolute atomic E-state index is 0.0188. The molecule has 3 aromatic rings. The van der Waals surface area contributed by atoms with Gasteiger partial charge in [0.1, 0.15) is 6.54 Å². The molecule has 7 nitrogen and oxygen atoms in total. The minimum Gasteiger partial charge on any atom is -0.368 e. The number of aryl methyl sites for hydroxylation is 1. The largest absolute Gasteiger partial charge is 0.368 e. The first-order valence-corrected chi connectivity index (χ1v) is 9.01. The van der Waals surface area contributed by atoms with Crippen molar-refractivity contribution < 1.29 is 4.79 Å². The molecule has 138 valence electrons. The lowest BCUT2D eigenvalue weighted by Gasteiger charge is -2.36. The zero-order chi connectivity index (χ0) is 18.8. The van der Waals surface area contributed by atoms with Gasteiger partial charge in [0.05, 0.1) is 17.2 Å². The van der Waals surface area contributed by atoms with Crippen LogP contribution in [0.25, 0.3) is 10.9 Å². The van der Waals surface area contributed by atoms with Crippen LogP contribution in [-0.4, -0.2) is 51.5 Å². The average Bonchev–Trinajstić information content (AvgIpc) is 2.71. The van der Waals surface area contributed by atoms with Crippen molar-refractivity contribution in [3.05, 3.63) is 65.0 Å². The van der Waals surface area contributed by atoms with Crippen molar-refractivity contribution in [2.45, 2.75) is 13.5 Å². The highest BCUT2D eigenvalue weighted by Gasteiger charge is 2.22. The number of amides is 1. The van der Waals surface area contributed by atoms with Crippen molar-refractivity contribution in [2.75, 3.05) is 31.1 Å². The fraction of sp³-hybridized carbons (Fsp3) is 0.300. The first-order chi connectivity index (χ1) is 13.1. The topological polar surface area (TPSA) is 71.3 Å². The molecule has 0 saturated carbocycles. The van der Waals surface area contributed by atoms with Gasteiger partial charge in [0.25, 0.3) is 5.56 Å². The number of rotatable bonds is 3. The monoisotopic (exact) mass is 363 g/mol. The number of nitrogens with zero attached hydrogens (tertiary/aromatic N) is 5. The van der Waals surface area contributed by atoms with Gasteiger partial charge < -0.3 is 9.80 Å². The third kappa shape index (κ3) is 3.40. The normalized spacial score (nSPS) is 14.6. The van der Waals surface area contributed by atoms with Crippen molar-refractivity contribution in [3.8, 4) is 0 Å². The number of aromatic nitrogens is 3. The van der Waals surface area contributed by atoms with E-state index < -0.39 is 0 Å². The molecule has 0 unspecified atom stereocenters. The molecule has 0 N–H and O–H groups in total. The number of hydrogen-bond donors (Lipinski definition) is 0. The molecule has 1 saturated heterocycles. The number of hydrogen-bond acceptors (Lipinski definition) is 5. The van der Waals surface area contributed by atoms with Crippen LogP contribution in [0.3, 0.4) is 0 Å². The molecular formula is C20H21N5O2. The Morgan fingerprint density at radius 3 is 2.56 bits per heavy atom. The van der Waals surface area contributed by atoms with E-state index in [1.54, 1.807) is 18.5 Å². The quantitative estimate of drug-likeness (QED) is 0.704. The predicted octanol–water partition coefficient (Wildman–Crippen LogP) is 1.45. The molecule has 4 rings (SSSR count). The molecule has 0 atom stereocenters. The highest BCUT2D eigenvalue weighted by Crippen LogP contribution is 2.15. The molecule has 3 heterocycles. The van der Waals surface area contributed by atoms with Gasteiger partial charge >= 0.3 is 0 Å². The summed E-state index contributed by atoms with van der Waals surface area (Å²) in [5.74, 6) is -0.0553. The molecule has 0 spiro atoms. The van der Waals surface area contributed by atoms with Gasteiger partial charge in [-0.15, -0.1) is 0 Å². The van der Waals surface area contributed by atoms with Crippen LogP contribution < -0.4 is 10.5 Å². The van der Waals surface area contributed by atoms with E-state index >= 15 is 0 Å². The minimum atomic E-state index is -0.174. The van der Waals surface area contributed by atoms with Gasteiger partial charge in [-0.05, 0) is 30.7 Å². The van der Waals surface area contributed by atoms with E-state index in [0.29, 0.717) is 24.0 Å². The van der Waals surface area contributed by atoms with E-state index in [4.69, 9.17) is 0 Å². The second kappa shape index (κ2) is 7.19. The summed E-state index contributed by atoms with van der Waals surface area (Å²) < 4.78 is 1.40. The lowest BCUT2D eigenvalue weighted by Crippen LogP contribution is -2.50. The highest BCUT2D eigenvalue weighted by atomic mass is 16.2. The number of benzene rings is 1. The maximum absolute atomic E-state index is 12.7. The predicted molar refractivity (Wildman–Crippen MR) is 104 cm³/mol. The molecule has 0 aliphatic carbocycles. The average molecular weight is 363 g/mol. The van der Waals surface area contributed by atoms with Crippen LogP contribution in [0.15, 0.2) is 53.8 Å². The van der Waals surface area contributed by atoms with E-state index in [1.807, 2.05) is 36.1 Å². The summed E-state index contributed by atoms with van der Waals surface area (Å²) in [5.41, 5.74) is 2.59. The molecule has 7 heteroatoms. The molecule has 1 aliphatic heterocycles. The van der Waals surface area contributed by atoms with Gasteiger partial charge in [-0.3, -0.25) is 19.1 Å². The Balaban J connectivity index is 1.45. The van der Waals surface area contributed by atoms with Crippen LogP contribution in [0.1, 0.15) is 5.56 Å². The first kappa shape index (κ1) is 17.2. The van der Waals surface area contributed by atoms with Crippen LogP contribution in [0.2, 0.25) is 0 Å². The maximum atomic E-state index is 12.7. The second-order valence-electron chi connectivity index (χ2n) is 6.72. The van der Waals surface area contributed by atoms with Crippen LogP contribution in [0, 0.1) is 6.92 Å². The Labute approximate surface area is 156 Å². The molecule has 2 aromatic heterocycles. The fourth-order valence-corrected chi connectivity index (χ4v) is 3.46. The van der Waals surface area contributed by atoms with Gasteiger partial charge in [-0.1, -0.05) is 12.1 Å². The molecule has 0 radical (unpaired) electrons. The smallest absolute Gasteiger partial charge is 0.261 e. The Kier molecular flexibility index (Phi) is 4.58. The third-order valence-electron chi connectivity index (χ3n) is 5.02. The molecule has 1 fully saturated rings. The summed E-state index contributed by atoms with van der Waals surface area (Å²) in [7, 11) is 0. The van der Waals surface area contributed by atoms with Gasteiger partial charge in [0.15, 0.2) is 0 Å². The van der Waals surface area contributed by atoms with Gasteiger partial charge in [-0.25, -0.2) is 4.98 Å². The molecule has 1 aromatic carbocycles. The summed E-state index contributed by atoms with van der Waals surface area (Å²) in [4.78, 5) is 37.8. The van der Waals surface area contributed by atoms with Crippen molar-refractivity contribution in [3.63, 3.8) is 0 Å². The summed E-state index contributed by atoms with van der Waals surface area (Å²) in [6.45, 7) is 4.74. The zero-order valence-electron chi connectivity index (χ0n) is 15.2. The van der Waals surface area contributed by atoms with E-state index in [2.05, 4.69) is 14.9 Å². The standard InChI is InChI=1S/C20H21N5O2/c1-15-3-2-4-17-19(15)22-14-25(20(17)27)13-18(26)24-11-9-23(10-12-24)16-5-7-21-8-6-16/h2-8,14H,9-13H2,1H3. The maximum Gasteiger partial charge on any atom is 0.261 e. The highest BCUT2D eigenvalue weighted by molar-refractivity contribution is 5.81. The summed E-state index contributed by atoms with van der Waals surface area (Å²) in [5, 5.41) is 0.549. The first-order valence-electron chi connectivity index (χ1n) is 9.01. The van der Waals surface area contributed by atoms with Crippen LogP contribution in [0.4, 0.5) is 5.69 Å². The molecule has 1 aliphatic rings. The van der Waals surface area contributed by atoms with E-state index in [-0.39, 0.29) is 18.0 Å². The number of fused-ring (bicyclic) bond motifs is 1. The number of carbonyl (C=O) groups is 1. The SMILES string of the molecule is Cc1cccc2c(=O)n(CC(=O)N3CCN(c4ccncc4)CC3)cnc12.